The molecule has 21 heavy (non-hydrogen) atoms. The zero-order chi connectivity index (χ0) is 15.1. The highest BCUT2D eigenvalue weighted by molar-refractivity contribution is 7.99. The molecule has 110 valence electrons. The van der Waals surface area contributed by atoms with Crippen LogP contribution in [0.2, 0.25) is 5.02 Å². The number of para-hydroxylation sites is 1. The second-order valence-corrected chi connectivity index (χ2v) is 6.37. The van der Waals surface area contributed by atoms with E-state index in [-0.39, 0.29) is 5.91 Å². The molecule has 0 aliphatic rings. The van der Waals surface area contributed by atoms with Crippen molar-refractivity contribution in [1.29, 1.82) is 0 Å². The molecule has 0 atom stereocenters. The average Bonchev–Trinajstić information content (AvgIpc) is 2.48. The molecule has 1 N–H and O–H groups in total. The number of carbonyl (C=O) groups is 1. The predicted octanol–water partition coefficient (Wildman–Crippen LogP) is 5.16. The van der Waals surface area contributed by atoms with Gasteiger partial charge in [-0.3, -0.25) is 4.79 Å². The first-order chi connectivity index (χ1) is 10.1. The highest BCUT2D eigenvalue weighted by Crippen LogP contribution is 2.21. The second-order valence-electron chi connectivity index (χ2n) is 4.77. The molecule has 0 aromatic heterocycles. The summed E-state index contributed by atoms with van der Waals surface area (Å²) < 4.78 is 0. The van der Waals surface area contributed by atoms with Crippen LogP contribution >= 0.6 is 23.4 Å². The molecule has 0 fully saturated rings. The molecule has 0 unspecified atom stereocenters. The highest BCUT2D eigenvalue weighted by Gasteiger charge is 2.04. The van der Waals surface area contributed by atoms with Gasteiger partial charge in [0.2, 0.25) is 5.91 Å². The molecule has 0 aliphatic heterocycles. The molecule has 0 heterocycles. The maximum Gasteiger partial charge on any atom is 0.224 e. The lowest BCUT2D eigenvalue weighted by Gasteiger charge is -2.07. The molecule has 2 rings (SSSR count). The van der Waals surface area contributed by atoms with E-state index in [4.69, 9.17) is 11.6 Å². The lowest BCUT2D eigenvalue weighted by molar-refractivity contribution is -0.116. The quantitative estimate of drug-likeness (QED) is 0.588. The second kappa shape index (κ2) is 8.11. The smallest absolute Gasteiger partial charge is 0.224 e. The van der Waals surface area contributed by atoms with Crippen LogP contribution < -0.4 is 5.32 Å². The Morgan fingerprint density at radius 1 is 1.14 bits per heavy atom. The number of carbonyl (C=O) groups excluding carboxylic acids is 1. The van der Waals surface area contributed by atoms with Gasteiger partial charge in [-0.2, -0.15) is 0 Å². The summed E-state index contributed by atoms with van der Waals surface area (Å²) in [5, 5.41) is 3.70. The third-order valence-electron chi connectivity index (χ3n) is 3.05. The summed E-state index contributed by atoms with van der Waals surface area (Å²) in [5.41, 5.74) is 1.98. The summed E-state index contributed by atoms with van der Waals surface area (Å²) in [6, 6.07) is 15.6. The van der Waals surface area contributed by atoms with E-state index in [1.807, 2.05) is 55.5 Å². The third kappa shape index (κ3) is 5.44. The number of hydrogen-bond acceptors (Lipinski definition) is 2. The minimum absolute atomic E-state index is 0.0704. The molecule has 2 aromatic rings. The van der Waals surface area contributed by atoms with Gasteiger partial charge in [-0.1, -0.05) is 29.8 Å². The van der Waals surface area contributed by atoms with Crippen molar-refractivity contribution in [3.8, 4) is 0 Å². The Morgan fingerprint density at radius 3 is 2.57 bits per heavy atom. The zero-order valence-electron chi connectivity index (χ0n) is 11.9. The first-order valence-corrected chi connectivity index (χ1v) is 8.25. The van der Waals surface area contributed by atoms with Crippen molar-refractivity contribution in [2.75, 3.05) is 11.1 Å². The van der Waals surface area contributed by atoms with E-state index < -0.39 is 0 Å². The fourth-order valence-corrected chi connectivity index (χ4v) is 2.86. The van der Waals surface area contributed by atoms with Gasteiger partial charge in [-0.05, 0) is 55.0 Å². The number of anilines is 1. The number of rotatable bonds is 6. The third-order valence-corrected chi connectivity index (χ3v) is 4.40. The van der Waals surface area contributed by atoms with E-state index in [0.29, 0.717) is 6.42 Å². The summed E-state index contributed by atoms with van der Waals surface area (Å²) in [4.78, 5) is 13.1. The lowest BCUT2D eigenvalue weighted by atomic mass is 10.2. The average molecular weight is 320 g/mol. The summed E-state index contributed by atoms with van der Waals surface area (Å²) in [7, 11) is 0. The molecule has 0 aliphatic carbocycles. The van der Waals surface area contributed by atoms with E-state index in [9.17, 15) is 4.79 Å². The summed E-state index contributed by atoms with van der Waals surface area (Å²) in [6.45, 7) is 1.99. The van der Waals surface area contributed by atoms with Crippen LogP contribution in [0, 0.1) is 6.92 Å². The van der Waals surface area contributed by atoms with Crippen LogP contribution in [0.3, 0.4) is 0 Å². The van der Waals surface area contributed by atoms with Crippen molar-refractivity contribution in [3.63, 3.8) is 0 Å². The van der Waals surface area contributed by atoms with Crippen LogP contribution in [-0.2, 0) is 4.79 Å². The highest BCUT2D eigenvalue weighted by atomic mass is 35.5. The molecule has 0 saturated carbocycles. The maximum absolute atomic E-state index is 11.9. The minimum atomic E-state index is 0.0704. The van der Waals surface area contributed by atoms with Crippen LogP contribution in [0.25, 0.3) is 0 Å². The standard InChI is InChI=1S/C17H18ClNOS/c1-13-5-2-3-6-16(13)19-17(20)7-4-12-21-15-10-8-14(18)9-11-15/h2-3,5-6,8-11H,4,7,12H2,1H3,(H,19,20). The van der Waals surface area contributed by atoms with Crippen LogP contribution in [0.5, 0.6) is 0 Å². The monoisotopic (exact) mass is 319 g/mol. The number of hydrogen-bond donors (Lipinski definition) is 1. The number of amides is 1. The van der Waals surface area contributed by atoms with Crippen LogP contribution in [0.4, 0.5) is 5.69 Å². The molecular weight excluding hydrogens is 302 g/mol. The SMILES string of the molecule is Cc1ccccc1NC(=O)CCCSc1ccc(Cl)cc1. The fraction of sp³-hybridized carbons (Fsp3) is 0.235. The number of nitrogens with one attached hydrogen (secondary N) is 1. The van der Waals surface area contributed by atoms with Crippen molar-refractivity contribution < 1.29 is 4.79 Å². The van der Waals surface area contributed by atoms with Gasteiger partial charge in [0.25, 0.3) is 0 Å². The summed E-state index contributed by atoms with van der Waals surface area (Å²) in [5.74, 6) is 0.990. The Hall–Kier alpha value is -1.45. The van der Waals surface area contributed by atoms with Gasteiger partial charge in [0.05, 0.1) is 0 Å². The summed E-state index contributed by atoms with van der Waals surface area (Å²) in [6.07, 6.45) is 1.39. The number of thioether (sulfide) groups is 1. The van der Waals surface area contributed by atoms with Gasteiger partial charge in [-0.25, -0.2) is 0 Å². The van der Waals surface area contributed by atoms with Gasteiger partial charge >= 0.3 is 0 Å². The zero-order valence-corrected chi connectivity index (χ0v) is 13.5. The summed E-state index contributed by atoms with van der Waals surface area (Å²) >= 11 is 7.58. The van der Waals surface area contributed by atoms with Crippen molar-refractivity contribution in [2.45, 2.75) is 24.7 Å². The van der Waals surface area contributed by atoms with Crippen LogP contribution in [-0.4, -0.2) is 11.7 Å². The van der Waals surface area contributed by atoms with Crippen LogP contribution in [0.1, 0.15) is 18.4 Å². The number of benzene rings is 2. The van der Waals surface area contributed by atoms with Gasteiger partial charge < -0.3 is 5.32 Å². The van der Waals surface area contributed by atoms with Gasteiger partial charge in [-0.15, -0.1) is 11.8 Å². The Morgan fingerprint density at radius 2 is 1.86 bits per heavy atom. The van der Waals surface area contributed by atoms with Crippen molar-refractivity contribution >= 4 is 35.0 Å². The van der Waals surface area contributed by atoms with E-state index in [1.165, 1.54) is 4.90 Å². The van der Waals surface area contributed by atoms with Gasteiger partial charge in [0.15, 0.2) is 0 Å². The molecule has 2 aromatic carbocycles. The van der Waals surface area contributed by atoms with E-state index in [0.717, 1.165) is 28.4 Å². The molecule has 4 heteroatoms. The largest absolute Gasteiger partial charge is 0.326 e. The van der Waals surface area contributed by atoms with Crippen molar-refractivity contribution in [2.24, 2.45) is 0 Å². The maximum atomic E-state index is 11.9. The topological polar surface area (TPSA) is 29.1 Å². The molecule has 0 radical (unpaired) electrons. The number of aryl methyl sites for hydroxylation is 1. The molecule has 0 bridgehead atoms. The first kappa shape index (κ1) is 15.9. The van der Waals surface area contributed by atoms with Crippen molar-refractivity contribution in [1.82, 2.24) is 0 Å². The number of halogens is 1. The predicted molar refractivity (Wildman–Crippen MR) is 91.2 cm³/mol. The Balaban J connectivity index is 1.70. The van der Waals surface area contributed by atoms with Crippen molar-refractivity contribution in [3.05, 3.63) is 59.1 Å². The Bertz CT molecular complexity index is 598. The molecule has 0 spiro atoms. The minimum Gasteiger partial charge on any atom is -0.326 e. The molecular formula is C17H18ClNOS. The Kier molecular flexibility index (Phi) is 6.15. The lowest BCUT2D eigenvalue weighted by Crippen LogP contribution is -2.12. The van der Waals surface area contributed by atoms with Gasteiger partial charge in [0, 0.05) is 22.0 Å². The van der Waals surface area contributed by atoms with E-state index >= 15 is 0 Å². The van der Waals surface area contributed by atoms with E-state index in [2.05, 4.69) is 5.32 Å². The van der Waals surface area contributed by atoms with E-state index in [1.54, 1.807) is 11.8 Å². The van der Waals surface area contributed by atoms with Gasteiger partial charge in [0.1, 0.15) is 0 Å². The van der Waals surface area contributed by atoms with Crippen LogP contribution in [0.15, 0.2) is 53.4 Å². The normalized spacial score (nSPS) is 10.4. The fourth-order valence-electron chi connectivity index (χ4n) is 1.88. The molecule has 2 nitrogen and oxygen atoms in total. The molecule has 0 saturated heterocycles. The Labute approximate surface area is 134 Å². The molecule has 1 amide bonds. The first-order valence-electron chi connectivity index (χ1n) is 6.89.